The Morgan fingerprint density at radius 3 is 2.52 bits per heavy atom. The molecule has 0 amide bonds. The van der Waals surface area contributed by atoms with Crippen molar-refractivity contribution in [3.63, 3.8) is 0 Å². The van der Waals surface area contributed by atoms with E-state index in [1.807, 2.05) is 65.2 Å². The van der Waals surface area contributed by atoms with E-state index in [9.17, 15) is 5.26 Å². The largest absolute Gasteiger partial charge is 0.456 e. The number of hydrogen-bond donors (Lipinski definition) is 0. The lowest BCUT2D eigenvalue weighted by Gasteiger charge is -2.12. The van der Waals surface area contributed by atoms with Crippen molar-refractivity contribution >= 4 is 21.9 Å². The highest BCUT2D eigenvalue weighted by atomic mass is 16.3. The smallest absolute Gasteiger partial charge is 0.159 e. The number of hydrogen-bond acceptors (Lipinski definition) is 3. The van der Waals surface area contributed by atoms with Crippen LogP contribution in [0.15, 0.2) is 77.3 Å². The van der Waals surface area contributed by atoms with Gasteiger partial charge in [-0.15, -0.1) is 0 Å². The Kier molecular flexibility index (Phi) is 3.34. The van der Waals surface area contributed by atoms with E-state index < -0.39 is 0 Å². The molecule has 2 aromatic heterocycles. The van der Waals surface area contributed by atoms with E-state index >= 15 is 0 Å². The summed E-state index contributed by atoms with van der Waals surface area (Å²) in [5.41, 5.74) is 5.10. The lowest BCUT2D eigenvalue weighted by Crippen LogP contribution is -1.99. The van der Waals surface area contributed by atoms with Gasteiger partial charge in [-0.3, -0.25) is 4.57 Å². The monoisotopic (exact) mass is 349 g/mol. The third kappa shape index (κ3) is 2.33. The molecule has 4 heteroatoms. The minimum absolute atomic E-state index is 0.387. The second kappa shape index (κ2) is 5.86. The lowest BCUT2D eigenvalue weighted by molar-refractivity contribution is 0.668. The summed E-state index contributed by atoms with van der Waals surface area (Å²) in [6, 6.07) is 24.2. The van der Waals surface area contributed by atoms with Crippen LogP contribution in [0.3, 0.4) is 0 Å². The SMILES string of the molecule is Cc1ccc2oc3ccccc3c2c1-n1cc(C#N)nc1-c1ccccc1. The van der Waals surface area contributed by atoms with E-state index in [0.29, 0.717) is 5.69 Å². The fraction of sp³-hybridized carbons (Fsp3) is 0.0435. The molecule has 0 radical (unpaired) electrons. The van der Waals surface area contributed by atoms with Crippen LogP contribution in [-0.2, 0) is 0 Å². The van der Waals surface area contributed by atoms with Crippen molar-refractivity contribution in [2.24, 2.45) is 0 Å². The highest BCUT2D eigenvalue weighted by Crippen LogP contribution is 2.37. The maximum Gasteiger partial charge on any atom is 0.159 e. The van der Waals surface area contributed by atoms with Gasteiger partial charge in [-0.1, -0.05) is 54.6 Å². The van der Waals surface area contributed by atoms with E-state index in [0.717, 1.165) is 44.6 Å². The van der Waals surface area contributed by atoms with Crippen LogP contribution in [0.25, 0.3) is 39.0 Å². The highest BCUT2D eigenvalue weighted by Gasteiger charge is 2.19. The van der Waals surface area contributed by atoms with Crippen LogP contribution in [0.4, 0.5) is 0 Å². The Morgan fingerprint density at radius 1 is 0.926 bits per heavy atom. The quantitative estimate of drug-likeness (QED) is 0.416. The number of benzene rings is 3. The molecule has 128 valence electrons. The van der Waals surface area contributed by atoms with Crippen LogP contribution < -0.4 is 0 Å². The summed E-state index contributed by atoms with van der Waals surface area (Å²) in [6.45, 7) is 2.07. The van der Waals surface area contributed by atoms with Gasteiger partial charge in [0.2, 0.25) is 0 Å². The maximum atomic E-state index is 9.44. The Hall–Kier alpha value is -3.84. The molecule has 0 spiro atoms. The molecule has 0 saturated heterocycles. The second-order valence-electron chi connectivity index (χ2n) is 6.50. The molecule has 0 aliphatic heterocycles. The molecule has 0 bridgehead atoms. The third-order valence-electron chi connectivity index (χ3n) is 4.81. The molecule has 3 aromatic carbocycles. The molecule has 0 fully saturated rings. The molecule has 0 aliphatic rings. The van der Waals surface area contributed by atoms with Crippen molar-refractivity contribution in [1.82, 2.24) is 9.55 Å². The minimum Gasteiger partial charge on any atom is -0.456 e. The predicted molar refractivity (Wildman–Crippen MR) is 106 cm³/mol. The van der Waals surface area contributed by atoms with E-state index in [1.54, 1.807) is 6.20 Å². The number of aromatic nitrogens is 2. The zero-order valence-electron chi connectivity index (χ0n) is 14.7. The molecule has 4 nitrogen and oxygen atoms in total. The average molecular weight is 349 g/mol. The molecule has 5 aromatic rings. The van der Waals surface area contributed by atoms with Crippen molar-refractivity contribution < 1.29 is 4.42 Å². The van der Waals surface area contributed by atoms with Gasteiger partial charge in [0.1, 0.15) is 23.1 Å². The van der Waals surface area contributed by atoms with Crippen LogP contribution in [0, 0.1) is 18.3 Å². The molecular weight excluding hydrogens is 334 g/mol. The van der Waals surface area contributed by atoms with Crippen molar-refractivity contribution in [1.29, 1.82) is 5.26 Å². The molecular formula is C23H15N3O. The maximum absolute atomic E-state index is 9.44. The van der Waals surface area contributed by atoms with Crippen molar-refractivity contribution in [3.8, 4) is 23.1 Å². The van der Waals surface area contributed by atoms with Crippen LogP contribution in [0.1, 0.15) is 11.3 Å². The van der Waals surface area contributed by atoms with Gasteiger partial charge in [0.25, 0.3) is 0 Å². The number of furan rings is 1. The fourth-order valence-electron chi connectivity index (χ4n) is 3.61. The zero-order chi connectivity index (χ0) is 18.4. The minimum atomic E-state index is 0.387. The number of nitriles is 1. The molecule has 5 rings (SSSR count). The Balaban J connectivity index is 1.91. The molecule has 27 heavy (non-hydrogen) atoms. The summed E-state index contributed by atoms with van der Waals surface area (Å²) in [4.78, 5) is 4.56. The van der Waals surface area contributed by atoms with Gasteiger partial charge in [0.15, 0.2) is 5.69 Å². The van der Waals surface area contributed by atoms with Gasteiger partial charge in [-0.2, -0.15) is 5.26 Å². The number of nitrogens with zero attached hydrogens (tertiary/aromatic N) is 3. The number of fused-ring (bicyclic) bond motifs is 3. The first-order chi connectivity index (χ1) is 13.3. The van der Waals surface area contributed by atoms with Crippen molar-refractivity contribution in [2.75, 3.05) is 0 Å². The summed E-state index contributed by atoms with van der Waals surface area (Å²) in [5.74, 6) is 0.744. The summed E-state index contributed by atoms with van der Waals surface area (Å²) in [7, 11) is 0. The summed E-state index contributed by atoms with van der Waals surface area (Å²) in [6.07, 6.45) is 1.80. The van der Waals surface area contributed by atoms with Crippen molar-refractivity contribution in [3.05, 3.63) is 84.2 Å². The molecule has 0 N–H and O–H groups in total. The van der Waals surface area contributed by atoms with Crippen LogP contribution in [-0.4, -0.2) is 9.55 Å². The van der Waals surface area contributed by atoms with Crippen LogP contribution >= 0.6 is 0 Å². The summed E-state index contributed by atoms with van der Waals surface area (Å²) >= 11 is 0. The normalized spacial score (nSPS) is 11.1. The lowest BCUT2D eigenvalue weighted by atomic mass is 10.1. The van der Waals surface area contributed by atoms with Gasteiger partial charge in [0, 0.05) is 17.1 Å². The number of aryl methyl sites for hydroxylation is 1. The Bertz CT molecular complexity index is 1340. The number of para-hydroxylation sites is 1. The van der Waals surface area contributed by atoms with E-state index in [1.165, 1.54) is 0 Å². The second-order valence-corrected chi connectivity index (χ2v) is 6.50. The zero-order valence-corrected chi connectivity index (χ0v) is 14.7. The highest BCUT2D eigenvalue weighted by molar-refractivity contribution is 6.10. The van der Waals surface area contributed by atoms with Crippen molar-refractivity contribution in [2.45, 2.75) is 6.92 Å². The van der Waals surface area contributed by atoms with Crippen LogP contribution in [0.5, 0.6) is 0 Å². The molecule has 0 unspecified atom stereocenters. The fourth-order valence-corrected chi connectivity index (χ4v) is 3.61. The van der Waals surface area contributed by atoms with Gasteiger partial charge in [0.05, 0.1) is 11.1 Å². The van der Waals surface area contributed by atoms with Gasteiger partial charge in [-0.05, 0) is 24.6 Å². The van der Waals surface area contributed by atoms with Crippen LogP contribution in [0.2, 0.25) is 0 Å². The summed E-state index contributed by atoms with van der Waals surface area (Å²) in [5, 5.41) is 11.5. The van der Waals surface area contributed by atoms with E-state index in [-0.39, 0.29) is 0 Å². The summed E-state index contributed by atoms with van der Waals surface area (Å²) < 4.78 is 8.06. The Morgan fingerprint density at radius 2 is 1.70 bits per heavy atom. The van der Waals surface area contributed by atoms with Gasteiger partial charge in [-0.25, -0.2) is 4.98 Å². The van der Waals surface area contributed by atoms with E-state index in [2.05, 4.69) is 24.0 Å². The molecule has 0 aliphatic carbocycles. The number of rotatable bonds is 2. The Labute approximate surface area is 155 Å². The van der Waals surface area contributed by atoms with Gasteiger partial charge < -0.3 is 4.42 Å². The van der Waals surface area contributed by atoms with E-state index in [4.69, 9.17) is 4.42 Å². The first-order valence-corrected chi connectivity index (χ1v) is 8.72. The third-order valence-corrected chi connectivity index (χ3v) is 4.81. The first-order valence-electron chi connectivity index (χ1n) is 8.72. The molecule has 0 saturated carbocycles. The predicted octanol–water partition coefficient (Wildman–Crippen LogP) is 5.62. The standard InChI is InChI=1S/C23H15N3O/c1-15-11-12-20-21(18-9-5-6-10-19(18)27-20)22(15)26-14-17(13-24)25-23(26)16-7-3-2-4-8-16/h2-12,14H,1H3. The first kappa shape index (κ1) is 15.4. The molecule has 2 heterocycles. The molecule has 0 atom stereocenters. The average Bonchev–Trinajstić information content (AvgIpc) is 3.30. The topological polar surface area (TPSA) is 54.8 Å². The number of imidazole rings is 1. The van der Waals surface area contributed by atoms with Gasteiger partial charge >= 0.3 is 0 Å².